The SMILES string of the molecule is C[N+]1(C2CCNCC2)CCC(N(Cc2ccc(Nc3ccncc3F)cc2)c2nccc(-c3ccc(C(F)(F)F)cc3)n2)CC1. The largest absolute Gasteiger partial charge is 0.416 e. The molecule has 2 aliphatic heterocycles. The lowest BCUT2D eigenvalue weighted by Gasteiger charge is -2.49. The van der Waals surface area contributed by atoms with Gasteiger partial charge in [0.05, 0.1) is 49.3 Å². The summed E-state index contributed by atoms with van der Waals surface area (Å²) in [5, 5.41) is 6.58. The molecule has 2 fully saturated rings. The number of anilines is 3. The summed E-state index contributed by atoms with van der Waals surface area (Å²) in [6.07, 6.45) is 4.33. The second kappa shape index (κ2) is 13.1. The maximum absolute atomic E-state index is 14.1. The minimum absolute atomic E-state index is 0.199. The van der Waals surface area contributed by atoms with Crippen molar-refractivity contribution in [3.63, 3.8) is 0 Å². The summed E-state index contributed by atoms with van der Waals surface area (Å²) >= 11 is 0. The lowest BCUT2D eigenvalue weighted by Crippen LogP contribution is -2.61. The van der Waals surface area contributed by atoms with E-state index in [1.165, 1.54) is 37.4 Å². The Balaban J connectivity index is 1.25. The van der Waals surface area contributed by atoms with Crippen molar-refractivity contribution in [2.75, 3.05) is 43.4 Å². The van der Waals surface area contributed by atoms with E-state index in [2.05, 4.69) is 32.5 Å². The fraction of sp³-hybridized carbons (Fsp3) is 0.382. The Bertz CT molecular complexity index is 1560. The summed E-state index contributed by atoms with van der Waals surface area (Å²) in [5.74, 6) is 0.126. The minimum atomic E-state index is -4.40. The fourth-order valence-electron chi connectivity index (χ4n) is 6.61. The molecule has 0 spiro atoms. The van der Waals surface area contributed by atoms with E-state index < -0.39 is 17.6 Å². The van der Waals surface area contributed by atoms with E-state index in [4.69, 9.17) is 4.98 Å². The average molecular weight is 621 g/mol. The van der Waals surface area contributed by atoms with Crippen molar-refractivity contribution < 1.29 is 22.0 Å². The van der Waals surface area contributed by atoms with Crippen LogP contribution in [0.15, 0.2) is 79.3 Å². The molecule has 0 bridgehead atoms. The van der Waals surface area contributed by atoms with Gasteiger partial charge in [-0.3, -0.25) is 4.98 Å². The zero-order valence-electron chi connectivity index (χ0n) is 25.3. The van der Waals surface area contributed by atoms with E-state index in [0.717, 1.165) is 66.9 Å². The fourth-order valence-corrected chi connectivity index (χ4v) is 6.61. The van der Waals surface area contributed by atoms with E-state index in [1.807, 2.05) is 24.3 Å². The number of nitrogens with one attached hydrogen (secondary N) is 2. The maximum atomic E-state index is 14.1. The summed E-state index contributed by atoms with van der Waals surface area (Å²) in [7, 11) is 2.38. The molecule has 236 valence electrons. The Morgan fingerprint density at radius 1 is 0.911 bits per heavy atom. The van der Waals surface area contributed by atoms with Gasteiger partial charge in [-0.05, 0) is 42.0 Å². The highest BCUT2D eigenvalue weighted by molar-refractivity contribution is 5.62. The van der Waals surface area contributed by atoms with Crippen molar-refractivity contribution in [1.29, 1.82) is 0 Å². The van der Waals surface area contributed by atoms with E-state index in [9.17, 15) is 17.6 Å². The number of benzene rings is 2. The van der Waals surface area contributed by atoms with Gasteiger partial charge in [-0.1, -0.05) is 24.3 Å². The van der Waals surface area contributed by atoms with Gasteiger partial charge in [-0.25, -0.2) is 14.4 Å². The lowest BCUT2D eigenvalue weighted by molar-refractivity contribution is -0.938. The summed E-state index contributed by atoms with van der Waals surface area (Å²) < 4.78 is 54.7. The van der Waals surface area contributed by atoms with Gasteiger partial charge in [0.25, 0.3) is 0 Å². The average Bonchev–Trinajstić information content (AvgIpc) is 3.06. The van der Waals surface area contributed by atoms with Gasteiger partial charge in [0.1, 0.15) is 0 Å². The molecule has 7 nitrogen and oxygen atoms in total. The summed E-state index contributed by atoms with van der Waals surface area (Å²) in [4.78, 5) is 15.6. The van der Waals surface area contributed by atoms with Gasteiger partial charge in [0, 0.05) is 75.0 Å². The smallest absolute Gasteiger partial charge is 0.353 e. The van der Waals surface area contributed by atoms with Gasteiger partial charge in [0.2, 0.25) is 5.95 Å². The first-order valence-electron chi connectivity index (χ1n) is 15.5. The molecule has 11 heteroatoms. The number of nitrogens with zero attached hydrogens (tertiary/aromatic N) is 5. The lowest BCUT2D eigenvalue weighted by atomic mass is 9.94. The maximum Gasteiger partial charge on any atom is 0.416 e. The number of aromatic nitrogens is 3. The van der Waals surface area contributed by atoms with E-state index in [-0.39, 0.29) is 6.04 Å². The molecule has 0 atom stereocenters. The van der Waals surface area contributed by atoms with Crippen molar-refractivity contribution in [3.8, 4) is 11.3 Å². The highest BCUT2D eigenvalue weighted by Crippen LogP contribution is 2.33. The van der Waals surface area contributed by atoms with Crippen LogP contribution < -0.4 is 15.5 Å². The van der Waals surface area contributed by atoms with Gasteiger partial charge in [0.15, 0.2) is 5.82 Å². The highest BCUT2D eigenvalue weighted by Gasteiger charge is 2.39. The molecule has 45 heavy (non-hydrogen) atoms. The minimum Gasteiger partial charge on any atom is -0.353 e. The van der Waals surface area contributed by atoms with Crippen LogP contribution in [0, 0.1) is 5.82 Å². The number of rotatable bonds is 8. The molecule has 4 aromatic rings. The molecule has 0 unspecified atom stereocenters. The van der Waals surface area contributed by atoms with Crippen LogP contribution >= 0.6 is 0 Å². The Hall–Kier alpha value is -4.09. The third-order valence-electron chi connectivity index (χ3n) is 9.34. The Morgan fingerprint density at radius 2 is 1.62 bits per heavy atom. The molecule has 0 aliphatic carbocycles. The topological polar surface area (TPSA) is 66.0 Å². The van der Waals surface area contributed by atoms with Crippen LogP contribution in [-0.2, 0) is 12.7 Å². The number of hydrogen-bond donors (Lipinski definition) is 2. The van der Waals surface area contributed by atoms with Crippen molar-refractivity contribution in [1.82, 2.24) is 20.3 Å². The van der Waals surface area contributed by atoms with Crippen LogP contribution in [0.25, 0.3) is 11.3 Å². The summed E-state index contributed by atoms with van der Waals surface area (Å²) in [6, 6.07) is 17.1. The predicted molar refractivity (Wildman–Crippen MR) is 167 cm³/mol. The second-order valence-corrected chi connectivity index (χ2v) is 12.3. The number of alkyl halides is 3. The van der Waals surface area contributed by atoms with Gasteiger partial charge < -0.3 is 20.0 Å². The van der Waals surface area contributed by atoms with Crippen molar-refractivity contribution >= 4 is 17.3 Å². The zero-order chi connectivity index (χ0) is 31.4. The van der Waals surface area contributed by atoms with Crippen LogP contribution in [0.1, 0.15) is 36.8 Å². The molecule has 2 N–H and O–H groups in total. The molecule has 6 rings (SSSR count). The highest BCUT2D eigenvalue weighted by atomic mass is 19.4. The third-order valence-corrected chi connectivity index (χ3v) is 9.34. The van der Waals surface area contributed by atoms with Gasteiger partial charge in [-0.15, -0.1) is 0 Å². The molecule has 2 saturated heterocycles. The van der Waals surface area contributed by atoms with E-state index in [1.54, 1.807) is 18.3 Å². The Kier molecular flexibility index (Phi) is 9.00. The zero-order valence-corrected chi connectivity index (χ0v) is 25.3. The van der Waals surface area contributed by atoms with Crippen molar-refractivity contribution in [2.45, 2.75) is 50.5 Å². The van der Waals surface area contributed by atoms with E-state index in [0.29, 0.717) is 35.5 Å². The first kappa shape index (κ1) is 30.9. The molecule has 2 aromatic heterocycles. The molecular weight excluding hydrogens is 582 g/mol. The number of likely N-dealkylation sites (tertiary alicyclic amines) is 1. The van der Waals surface area contributed by atoms with Crippen molar-refractivity contribution in [3.05, 3.63) is 96.2 Å². The normalized spacial score (nSPS) is 21.0. The standard InChI is InChI=1S/C34H38F4N7/c1-45(29-10-16-39-17-11-29)20-14-28(15-21-45)44(23-24-2-8-27(9-3-24)42-32-12-18-40-22-30(32)35)33-41-19-13-31(43-33)25-4-6-26(7-5-25)34(36,37)38/h2-9,12-13,18-19,22,28-29,39H,10-11,14-17,20-21,23H2,1H3,(H,40,42)/q+1. The van der Waals surface area contributed by atoms with Crippen LogP contribution in [0.3, 0.4) is 0 Å². The van der Waals surface area contributed by atoms with Crippen LogP contribution in [0.5, 0.6) is 0 Å². The Morgan fingerprint density at radius 3 is 2.29 bits per heavy atom. The van der Waals surface area contributed by atoms with Crippen LogP contribution in [-0.4, -0.2) is 64.7 Å². The van der Waals surface area contributed by atoms with Gasteiger partial charge >= 0.3 is 6.18 Å². The molecular formula is C34H38F4N7+. The Labute approximate surface area is 260 Å². The quantitative estimate of drug-likeness (QED) is 0.167. The summed E-state index contributed by atoms with van der Waals surface area (Å²) in [5.41, 5.74) is 2.63. The first-order chi connectivity index (χ1) is 21.7. The monoisotopic (exact) mass is 620 g/mol. The number of halogens is 4. The first-order valence-corrected chi connectivity index (χ1v) is 15.5. The number of piperidine rings is 2. The number of quaternary nitrogens is 1. The third kappa shape index (κ3) is 7.26. The molecule has 4 heterocycles. The second-order valence-electron chi connectivity index (χ2n) is 12.3. The molecule has 0 saturated carbocycles. The van der Waals surface area contributed by atoms with E-state index >= 15 is 0 Å². The van der Waals surface area contributed by atoms with Crippen LogP contribution in [0.4, 0.5) is 34.9 Å². The number of hydrogen-bond acceptors (Lipinski definition) is 6. The van der Waals surface area contributed by atoms with Crippen LogP contribution in [0.2, 0.25) is 0 Å². The summed E-state index contributed by atoms with van der Waals surface area (Å²) in [6.45, 7) is 4.81. The number of pyridine rings is 1. The molecule has 2 aliphatic rings. The predicted octanol–water partition coefficient (Wildman–Crippen LogP) is 6.81. The molecule has 0 radical (unpaired) electrons. The van der Waals surface area contributed by atoms with Crippen molar-refractivity contribution in [2.24, 2.45) is 0 Å². The van der Waals surface area contributed by atoms with Gasteiger partial charge in [-0.2, -0.15) is 13.2 Å². The molecule has 2 aromatic carbocycles. The molecule has 0 amide bonds.